The van der Waals surface area contributed by atoms with Crippen LogP contribution in [0.1, 0.15) is 94.1 Å². The molecule has 1 aromatic heterocycles. The zero-order chi connectivity index (χ0) is 53.5. The number of methoxy groups -OCH3 is 1. The minimum Gasteiger partial charge on any atom is -0.382 e. The van der Waals surface area contributed by atoms with E-state index >= 15 is 4.39 Å². The smallest absolute Gasteiger partial charge is 0.382 e. The molecule has 5 amide bonds. The van der Waals surface area contributed by atoms with Crippen molar-refractivity contribution < 1.29 is 74.6 Å². The zero-order valence-electron chi connectivity index (χ0n) is 43.7. The molecule has 5 rings (SSSR count). The van der Waals surface area contributed by atoms with Crippen molar-refractivity contribution in [1.29, 1.82) is 0 Å². The Kier molecular flexibility index (Phi) is 25.2. The number of halogens is 4. The highest BCUT2D eigenvalue weighted by atomic mass is 19.4. The maximum atomic E-state index is 16.1. The quantitative estimate of drug-likeness (QED) is 0.0593. The van der Waals surface area contributed by atoms with Gasteiger partial charge in [-0.1, -0.05) is 32.8 Å². The van der Waals surface area contributed by atoms with Crippen molar-refractivity contribution in [2.75, 3.05) is 125 Å². The second kappa shape index (κ2) is 30.9. The van der Waals surface area contributed by atoms with Crippen LogP contribution in [0.15, 0.2) is 30.5 Å². The van der Waals surface area contributed by atoms with Crippen LogP contribution in [0.4, 0.5) is 28.0 Å². The molecule has 19 nitrogen and oxygen atoms in total. The van der Waals surface area contributed by atoms with E-state index in [2.05, 4.69) is 28.0 Å². The zero-order valence-corrected chi connectivity index (χ0v) is 43.7. The molecule has 3 atom stereocenters. The van der Waals surface area contributed by atoms with Crippen LogP contribution in [0.2, 0.25) is 0 Å². The van der Waals surface area contributed by atoms with Gasteiger partial charge in [-0.3, -0.25) is 19.1 Å². The van der Waals surface area contributed by atoms with Crippen molar-refractivity contribution in [3.63, 3.8) is 0 Å². The topological polar surface area (TPSA) is 203 Å². The number of aromatic nitrogens is 2. The maximum Gasteiger partial charge on any atom is 0.417 e. The van der Waals surface area contributed by atoms with Gasteiger partial charge < -0.3 is 63.6 Å². The fourth-order valence-corrected chi connectivity index (χ4v) is 9.03. The summed E-state index contributed by atoms with van der Waals surface area (Å²) in [6, 6.07) is 2.80. The molecular formula is C51H79F4N7O12. The molecule has 3 fully saturated rings. The van der Waals surface area contributed by atoms with Crippen LogP contribution in [0, 0.1) is 17.7 Å². The number of amides is 5. The first-order valence-electron chi connectivity index (χ1n) is 26.0. The Bertz CT molecular complexity index is 2010. The summed E-state index contributed by atoms with van der Waals surface area (Å²) in [4.78, 5) is 57.9. The lowest BCUT2D eigenvalue weighted by Gasteiger charge is -2.43. The van der Waals surface area contributed by atoms with E-state index in [1.54, 1.807) is 27.1 Å². The highest BCUT2D eigenvalue weighted by molar-refractivity contribution is 6.00. The molecule has 3 N–H and O–H groups in total. The SMILES string of the molecule is CCn1nccc1C(=O)N[C@H](C(=O)Nc1ccc([C@H](C)[C@@H](NC(=O)N(C)C2CC2)C(=O)N2CCC(OCCOCCOCCOCCOCCOCCOCCOC)(C(F)(F)F)CC2)cc1F)C1CCC(C)CC1. The molecular weight excluding hydrogens is 979 g/mol. The van der Waals surface area contributed by atoms with Crippen LogP contribution in [0.3, 0.4) is 0 Å². The van der Waals surface area contributed by atoms with Gasteiger partial charge in [-0.15, -0.1) is 0 Å². The van der Waals surface area contributed by atoms with Crippen LogP contribution in [-0.4, -0.2) is 193 Å². The summed E-state index contributed by atoms with van der Waals surface area (Å²) in [6.45, 7) is 9.51. The lowest BCUT2D eigenvalue weighted by molar-refractivity contribution is -0.292. The third kappa shape index (κ3) is 18.7. The number of ether oxygens (including phenoxy) is 8. The van der Waals surface area contributed by atoms with E-state index in [1.807, 2.05) is 6.92 Å². The molecule has 74 heavy (non-hydrogen) atoms. The number of anilines is 1. The molecule has 2 saturated carbocycles. The van der Waals surface area contributed by atoms with E-state index in [4.69, 9.17) is 37.9 Å². The number of alkyl halides is 3. The van der Waals surface area contributed by atoms with Gasteiger partial charge in [0.05, 0.1) is 98.2 Å². The number of hydrogen-bond donors (Lipinski definition) is 3. The van der Waals surface area contributed by atoms with Crippen LogP contribution < -0.4 is 16.0 Å². The Labute approximate surface area is 432 Å². The number of piperidine rings is 1. The Balaban J connectivity index is 1.10. The number of benzene rings is 1. The van der Waals surface area contributed by atoms with Gasteiger partial charge >= 0.3 is 12.2 Å². The van der Waals surface area contributed by atoms with Gasteiger partial charge in [-0.25, -0.2) is 9.18 Å². The van der Waals surface area contributed by atoms with E-state index < -0.39 is 72.2 Å². The van der Waals surface area contributed by atoms with Gasteiger partial charge in [0.15, 0.2) is 5.60 Å². The van der Waals surface area contributed by atoms with E-state index in [-0.39, 0.29) is 57.2 Å². The molecule has 0 unspecified atom stereocenters. The van der Waals surface area contributed by atoms with Gasteiger partial charge in [0.2, 0.25) is 11.8 Å². The summed E-state index contributed by atoms with van der Waals surface area (Å²) < 4.78 is 105. The van der Waals surface area contributed by atoms with Crippen LogP contribution in [0.5, 0.6) is 0 Å². The second-order valence-corrected chi connectivity index (χ2v) is 19.1. The van der Waals surface area contributed by atoms with Gasteiger partial charge in [-0.2, -0.15) is 18.3 Å². The number of rotatable bonds is 33. The third-order valence-corrected chi connectivity index (χ3v) is 13.9. The van der Waals surface area contributed by atoms with Gasteiger partial charge in [-0.05, 0) is 68.2 Å². The molecule has 23 heteroatoms. The maximum absolute atomic E-state index is 16.1. The van der Waals surface area contributed by atoms with E-state index in [0.717, 1.165) is 31.7 Å². The Hall–Kier alpha value is -4.49. The Morgan fingerprint density at radius 1 is 0.784 bits per heavy atom. The number of carbonyl (C=O) groups excluding carboxylic acids is 4. The van der Waals surface area contributed by atoms with Crippen molar-refractivity contribution in [2.45, 2.75) is 115 Å². The van der Waals surface area contributed by atoms with Crippen molar-refractivity contribution in [2.24, 2.45) is 11.8 Å². The van der Waals surface area contributed by atoms with Crippen LogP contribution in [-0.2, 0) is 54.0 Å². The summed E-state index contributed by atoms with van der Waals surface area (Å²) in [5.74, 6) is -3.10. The van der Waals surface area contributed by atoms with Gasteiger partial charge in [0.25, 0.3) is 5.91 Å². The first kappa shape index (κ1) is 60.4. The Morgan fingerprint density at radius 3 is 1.82 bits per heavy atom. The number of likely N-dealkylation sites (tertiary alicyclic amines) is 1. The number of carbonyl (C=O) groups is 4. The number of aryl methyl sites for hydroxylation is 1. The number of nitrogens with zero attached hydrogens (tertiary/aromatic N) is 4. The predicted molar refractivity (Wildman–Crippen MR) is 264 cm³/mol. The molecule has 0 radical (unpaired) electrons. The van der Waals surface area contributed by atoms with Crippen LogP contribution in [0.25, 0.3) is 0 Å². The van der Waals surface area contributed by atoms with Gasteiger partial charge in [0.1, 0.15) is 23.6 Å². The summed E-state index contributed by atoms with van der Waals surface area (Å²) >= 11 is 0. The lowest BCUT2D eigenvalue weighted by Crippen LogP contribution is -2.60. The molecule has 1 aromatic carbocycles. The first-order valence-corrected chi connectivity index (χ1v) is 26.0. The lowest BCUT2D eigenvalue weighted by atomic mass is 9.79. The average Bonchev–Trinajstić information content (AvgIpc) is 4.13. The van der Waals surface area contributed by atoms with Gasteiger partial charge in [0, 0.05) is 64.8 Å². The fourth-order valence-electron chi connectivity index (χ4n) is 9.03. The van der Waals surface area contributed by atoms with Crippen molar-refractivity contribution in [1.82, 2.24) is 30.2 Å². The predicted octanol–water partition coefficient (Wildman–Crippen LogP) is 5.57. The first-order chi connectivity index (χ1) is 35.6. The molecule has 2 heterocycles. The summed E-state index contributed by atoms with van der Waals surface area (Å²) in [6.07, 6.45) is 0.331. The molecule has 3 aliphatic rings. The fraction of sp³-hybridized carbons (Fsp3) is 0.745. The monoisotopic (exact) mass is 1060 g/mol. The molecule has 2 aliphatic carbocycles. The molecule has 1 aliphatic heterocycles. The minimum absolute atomic E-state index is 0.0201. The summed E-state index contributed by atoms with van der Waals surface area (Å²) in [7, 11) is 3.21. The molecule has 418 valence electrons. The second-order valence-electron chi connectivity index (χ2n) is 19.1. The standard InChI is InChI=1S/C51H79F4N7O12/c1-6-62-43(15-18-56-62)46(63)58-45(38-9-7-36(2)8-10-38)47(64)57-42-14-11-39(35-41(42)52)37(3)44(59-49(66)60(4)40-12-13-40)48(65)61-19-16-50(17-20-61,51(53,54)55)74-34-33-73-32-31-72-30-29-71-28-27-70-26-25-69-24-23-68-22-21-67-5/h11,14-15,18,35-38,40,44-45H,6-10,12-13,16-17,19-34H2,1-5H3,(H,57,64)(H,58,63)(H,59,66)/t36?,37-,38?,44+,45-/m0/s1. The van der Waals surface area contributed by atoms with Crippen LogP contribution >= 0.6 is 0 Å². The molecule has 2 aromatic rings. The van der Waals surface area contributed by atoms with Crippen molar-refractivity contribution in [3.05, 3.63) is 47.5 Å². The Morgan fingerprint density at radius 2 is 1.32 bits per heavy atom. The molecule has 1 saturated heterocycles. The summed E-state index contributed by atoms with van der Waals surface area (Å²) in [5, 5.41) is 12.5. The average molecular weight is 1060 g/mol. The molecule has 0 bridgehead atoms. The van der Waals surface area contributed by atoms with Crippen molar-refractivity contribution in [3.8, 4) is 0 Å². The van der Waals surface area contributed by atoms with E-state index in [0.29, 0.717) is 103 Å². The van der Waals surface area contributed by atoms with E-state index in [9.17, 15) is 32.3 Å². The number of nitrogens with one attached hydrogen (secondary N) is 3. The molecule has 0 spiro atoms. The normalized spacial score (nSPS) is 19.1. The largest absolute Gasteiger partial charge is 0.417 e. The number of urea groups is 1. The van der Waals surface area contributed by atoms with E-state index in [1.165, 1.54) is 32.8 Å². The third-order valence-electron chi connectivity index (χ3n) is 13.9. The number of hydrogen-bond acceptors (Lipinski definition) is 13. The minimum atomic E-state index is -4.76. The summed E-state index contributed by atoms with van der Waals surface area (Å²) in [5.41, 5.74) is -2.09. The highest BCUT2D eigenvalue weighted by Gasteiger charge is 2.57. The highest BCUT2D eigenvalue weighted by Crippen LogP contribution is 2.42. The van der Waals surface area contributed by atoms with Crippen molar-refractivity contribution >= 4 is 29.4 Å².